The molecule has 1 aromatic rings. The first-order valence-electron chi connectivity index (χ1n) is 5.80. The molecule has 0 unspecified atom stereocenters. The van der Waals surface area contributed by atoms with Gasteiger partial charge in [0.25, 0.3) is 5.91 Å². The molecule has 6 heteroatoms. The molecule has 0 radical (unpaired) electrons. The molecule has 98 valence electrons. The van der Waals surface area contributed by atoms with E-state index in [0.717, 1.165) is 12.5 Å². The summed E-state index contributed by atoms with van der Waals surface area (Å²) in [5.41, 5.74) is -0.588. The molecule has 0 aliphatic heterocycles. The van der Waals surface area contributed by atoms with Crippen LogP contribution in [0.5, 0.6) is 0 Å². The number of alkyl halides is 2. The maximum Gasteiger partial charge on any atom is 0.366 e. The molecule has 0 bridgehead atoms. The second-order valence-corrected chi connectivity index (χ2v) is 4.37. The first-order chi connectivity index (χ1) is 8.51. The van der Waals surface area contributed by atoms with E-state index in [-0.39, 0.29) is 0 Å². The highest BCUT2D eigenvalue weighted by atomic mass is 19.3. The molecule has 2 rings (SSSR count). The number of amides is 1. The lowest BCUT2D eigenvalue weighted by Crippen LogP contribution is -2.47. The zero-order chi connectivity index (χ0) is 13.2. The Balaban J connectivity index is 2.08. The van der Waals surface area contributed by atoms with Gasteiger partial charge < -0.3 is 10.4 Å². The van der Waals surface area contributed by atoms with Crippen molar-refractivity contribution in [3.05, 3.63) is 30.1 Å². The van der Waals surface area contributed by atoms with Crippen LogP contribution < -0.4 is 5.32 Å². The van der Waals surface area contributed by atoms with E-state index in [0.29, 0.717) is 12.8 Å². The number of pyridine rings is 1. The highest BCUT2D eigenvalue weighted by Crippen LogP contribution is 2.27. The van der Waals surface area contributed by atoms with Crippen molar-refractivity contribution in [1.82, 2.24) is 10.3 Å². The monoisotopic (exact) mass is 256 g/mol. The first-order valence-corrected chi connectivity index (χ1v) is 5.80. The molecule has 1 saturated carbocycles. The molecule has 1 amide bonds. The molecule has 0 aromatic carbocycles. The molecular formula is C12H14F2N2O2. The van der Waals surface area contributed by atoms with Crippen molar-refractivity contribution in [2.45, 2.75) is 37.3 Å². The minimum absolute atomic E-state index is 0.519. The number of aromatic nitrogens is 1. The summed E-state index contributed by atoms with van der Waals surface area (Å²) >= 11 is 0. The number of hydrogen-bond acceptors (Lipinski definition) is 3. The van der Waals surface area contributed by atoms with E-state index in [1.54, 1.807) is 0 Å². The van der Waals surface area contributed by atoms with Gasteiger partial charge in [0.05, 0.1) is 12.1 Å². The molecule has 18 heavy (non-hydrogen) atoms. The van der Waals surface area contributed by atoms with Crippen molar-refractivity contribution in [2.24, 2.45) is 0 Å². The molecule has 0 spiro atoms. The largest absolute Gasteiger partial charge is 0.391 e. The van der Waals surface area contributed by atoms with Gasteiger partial charge in [0.2, 0.25) is 0 Å². The number of carbonyl (C=O) groups is 1. The van der Waals surface area contributed by atoms with Crippen LogP contribution in [0.25, 0.3) is 0 Å². The van der Waals surface area contributed by atoms with Crippen LogP contribution in [-0.4, -0.2) is 28.1 Å². The standard InChI is InChI=1S/C12H14F2N2O2/c13-12(14,10-6-1-2-7-15-10)11(18)16-8-4-3-5-9(8)17/h1-2,6-9,17H,3-5H2,(H,16,18)/t8-,9+/m1/s1. The fraction of sp³-hybridized carbons (Fsp3) is 0.500. The Bertz CT molecular complexity index is 425. The van der Waals surface area contributed by atoms with Crippen molar-refractivity contribution < 1.29 is 18.7 Å². The number of rotatable bonds is 3. The van der Waals surface area contributed by atoms with E-state index in [1.807, 2.05) is 0 Å². The average molecular weight is 256 g/mol. The SMILES string of the molecule is O=C(N[C@@H]1CCC[C@@H]1O)C(F)(F)c1ccccn1. The third-order valence-corrected chi connectivity index (χ3v) is 3.07. The Labute approximate surface area is 103 Å². The van der Waals surface area contributed by atoms with E-state index in [9.17, 15) is 18.7 Å². The summed E-state index contributed by atoms with van der Waals surface area (Å²) in [4.78, 5) is 15.0. The van der Waals surface area contributed by atoms with E-state index in [4.69, 9.17) is 0 Å². The van der Waals surface area contributed by atoms with Crippen molar-refractivity contribution in [2.75, 3.05) is 0 Å². The van der Waals surface area contributed by atoms with Gasteiger partial charge in [-0.2, -0.15) is 8.78 Å². The van der Waals surface area contributed by atoms with Crippen LogP contribution in [0.15, 0.2) is 24.4 Å². The first kappa shape index (κ1) is 12.9. The molecule has 2 atom stereocenters. The Morgan fingerprint density at radius 3 is 2.78 bits per heavy atom. The number of nitrogens with one attached hydrogen (secondary N) is 1. The number of aliphatic hydroxyl groups is 1. The van der Waals surface area contributed by atoms with Gasteiger partial charge in [-0.05, 0) is 31.4 Å². The number of halogens is 2. The summed E-state index contributed by atoms with van der Waals surface area (Å²) in [5, 5.41) is 11.7. The molecule has 1 aliphatic rings. The average Bonchev–Trinajstić information content (AvgIpc) is 2.76. The third kappa shape index (κ3) is 2.48. The summed E-state index contributed by atoms with van der Waals surface area (Å²) in [6, 6.07) is 3.41. The summed E-state index contributed by atoms with van der Waals surface area (Å²) in [6.07, 6.45) is 2.24. The Morgan fingerprint density at radius 1 is 1.44 bits per heavy atom. The zero-order valence-electron chi connectivity index (χ0n) is 9.64. The number of aliphatic hydroxyl groups excluding tert-OH is 1. The van der Waals surface area contributed by atoms with Crippen LogP contribution in [0.3, 0.4) is 0 Å². The van der Waals surface area contributed by atoms with Gasteiger partial charge in [-0.3, -0.25) is 9.78 Å². The molecule has 1 aromatic heterocycles. The second-order valence-electron chi connectivity index (χ2n) is 4.37. The predicted octanol–water partition coefficient (Wildman–Crippen LogP) is 1.20. The summed E-state index contributed by atoms with van der Waals surface area (Å²) in [7, 11) is 0. The van der Waals surface area contributed by atoms with Crippen LogP contribution in [0.4, 0.5) is 8.78 Å². The van der Waals surface area contributed by atoms with Gasteiger partial charge in [0.15, 0.2) is 0 Å². The third-order valence-electron chi connectivity index (χ3n) is 3.07. The quantitative estimate of drug-likeness (QED) is 0.854. The predicted molar refractivity (Wildman–Crippen MR) is 59.9 cm³/mol. The smallest absolute Gasteiger partial charge is 0.366 e. The summed E-state index contributed by atoms with van der Waals surface area (Å²) in [6.45, 7) is 0. The Kier molecular flexibility index (Phi) is 3.56. The Morgan fingerprint density at radius 2 is 2.22 bits per heavy atom. The van der Waals surface area contributed by atoms with E-state index in [2.05, 4.69) is 10.3 Å². The lowest BCUT2D eigenvalue weighted by molar-refractivity contribution is -0.149. The molecule has 4 nitrogen and oxygen atoms in total. The molecule has 2 N–H and O–H groups in total. The summed E-state index contributed by atoms with van der Waals surface area (Å²) < 4.78 is 27.5. The molecule has 1 heterocycles. The van der Waals surface area contributed by atoms with E-state index < -0.39 is 29.7 Å². The van der Waals surface area contributed by atoms with Gasteiger partial charge >= 0.3 is 5.92 Å². The number of hydrogen-bond donors (Lipinski definition) is 2. The lowest BCUT2D eigenvalue weighted by Gasteiger charge is -2.20. The Hall–Kier alpha value is -1.56. The van der Waals surface area contributed by atoms with Crippen LogP contribution in [0.1, 0.15) is 25.0 Å². The molecule has 0 saturated heterocycles. The van der Waals surface area contributed by atoms with E-state index in [1.165, 1.54) is 18.3 Å². The van der Waals surface area contributed by atoms with E-state index >= 15 is 0 Å². The molecule has 1 fully saturated rings. The number of carbonyl (C=O) groups excluding carboxylic acids is 1. The molecule has 1 aliphatic carbocycles. The zero-order valence-corrected chi connectivity index (χ0v) is 9.64. The van der Waals surface area contributed by atoms with Crippen molar-refractivity contribution in [1.29, 1.82) is 0 Å². The second kappa shape index (κ2) is 4.97. The number of nitrogens with zero attached hydrogens (tertiary/aromatic N) is 1. The van der Waals surface area contributed by atoms with Crippen LogP contribution >= 0.6 is 0 Å². The molecular weight excluding hydrogens is 242 g/mol. The fourth-order valence-electron chi connectivity index (χ4n) is 2.03. The van der Waals surface area contributed by atoms with Gasteiger partial charge in [-0.15, -0.1) is 0 Å². The van der Waals surface area contributed by atoms with Gasteiger partial charge in [-0.1, -0.05) is 6.07 Å². The van der Waals surface area contributed by atoms with Crippen LogP contribution in [0, 0.1) is 0 Å². The van der Waals surface area contributed by atoms with Crippen molar-refractivity contribution in [3.8, 4) is 0 Å². The lowest BCUT2D eigenvalue weighted by atomic mass is 10.1. The maximum atomic E-state index is 13.8. The van der Waals surface area contributed by atoms with Gasteiger partial charge in [-0.25, -0.2) is 0 Å². The van der Waals surface area contributed by atoms with Gasteiger partial charge in [0.1, 0.15) is 5.69 Å². The minimum Gasteiger partial charge on any atom is -0.391 e. The highest BCUT2D eigenvalue weighted by molar-refractivity contribution is 5.84. The van der Waals surface area contributed by atoms with Crippen molar-refractivity contribution >= 4 is 5.91 Å². The maximum absolute atomic E-state index is 13.8. The van der Waals surface area contributed by atoms with Crippen LogP contribution in [0.2, 0.25) is 0 Å². The highest BCUT2D eigenvalue weighted by Gasteiger charge is 2.44. The van der Waals surface area contributed by atoms with Crippen LogP contribution in [-0.2, 0) is 10.7 Å². The topological polar surface area (TPSA) is 62.2 Å². The van der Waals surface area contributed by atoms with Gasteiger partial charge in [0, 0.05) is 6.20 Å². The fourth-order valence-corrected chi connectivity index (χ4v) is 2.03. The van der Waals surface area contributed by atoms with Crippen molar-refractivity contribution in [3.63, 3.8) is 0 Å². The summed E-state index contributed by atoms with van der Waals surface area (Å²) in [5.74, 6) is -5.09. The minimum atomic E-state index is -3.68. The normalized spacial score (nSPS) is 23.9.